The van der Waals surface area contributed by atoms with Crippen LogP contribution in [0.1, 0.15) is 25.7 Å². The summed E-state index contributed by atoms with van der Waals surface area (Å²) in [7, 11) is 0. The van der Waals surface area contributed by atoms with Crippen molar-refractivity contribution in [2.24, 2.45) is 0 Å². The van der Waals surface area contributed by atoms with Gasteiger partial charge in [0.15, 0.2) is 5.52 Å². The van der Waals surface area contributed by atoms with Crippen molar-refractivity contribution in [2.75, 3.05) is 54.0 Å². The second-order valence-corrected chi connectivity index (χ2v) is 8.77. The van der Waals surface area contributed by atoms with Crippen molar-refractivity contribution < 1.29 is 9.55 Å². The van der Waals surface area contributed by atoms with Gasteiger partial charge in [0.1, 0.15) is 5.69 Å². The first-order chi connectivity index (χ1) is 15.6. The third-order valence-corrected chi connectivity index (χ3v) is 6.63. The highest BCUT2D eigenvalue weighted by Crippen LogP contribution is 2.41. The smallest absolute Gasteiger partial charge is 0.323 e. The number of aromatic nitrogens is 2. The summed E-state index contributed by atoms with van der Waals surface area (Å²) in [6.07, 6.45) is 4.35. The molecule has 2 fully saturated rings. The van der Waals surface area contributed by atoms with E-state index >= 15 is 0 Å². The number of halogens is 1. The van der Waals surface area contributed by atoms with Gasteiger partial charge in [-0.25, -0.2) is 4.63 Å². The van der Waals surface area contributed by atoms with Crippen LogP contribution in [0, 0.1) is 10.1 Å². The Morgan fingerprint density at radius 3 is 2.19 bits per heavy atom. The molecule has 0 spiro atoms. The maximum Gasteiger partial charge on any atom is 0.323 e. The van der Waals surface area contributed by atoms with Crippen LogP contribution in [0.2, 0.25) is 5.02 Å². The molecule has 0 N–H and O–H groups in total. The maximum atomic E-state index is 12.0. The standard InChI is InChI=1S/C22H25ClN6O3/c23-16-6-5-7-17(14-16)26-10-12-28(13-11-26)18-15-19(27-8-3-1-2-4-9-27)22(29(30)31)21-20(18)24-32-25-21/h5-7,14-15H,1-4,8-13H2. The lowest BCUT2D eigenvalue weighted by molar-refractivity contribution is -0.382. The van der Waals surface area contributed by atoms with Crippen LogP contribution in [0.4, 0.5) is 22.7 Å². The number of nitrogens with zero attached hydrogens (tertiary/aromatic N) is 6. The van der Waals surface area contributed by atoms with Gasteiger partial charge in [-0.2, -0.15) is 0 Å². The maximum absolute atomic E-state index is 12.0. The molecular weight excluding hydrogens is 432 g/mol. The fourth-order valence-electron chi connectivity index (χ4n) is 4.75. The molecule has 1 aromatic heterocycles. The fraction of sp³-hybridized carbons (Fsp3) is 0.455. The van der Waals surface area contributed by atoms with Crippen LogP contribution in [0.5, 0.6) is 0 Å². The summed E-state index contributed by atoms with van der Waals surface area (Å²) in [5.41, 5.74) is 3.23. The number of rotatable bonds is 4. The molecule has 2 aromatic carbocycles. The van der Waals surface area contributed by atoms with E-state index in [0.717, 1.165) is 81.3 Å². The van der Waals surface area contributed by atoms with Crippen LogP contribution in [0.15, 0.2) is 35.0 Å². The average Bonchev–Trinajstić information content (AvgIpc) is 3.12. The largest absolute Gasteiger partial charge is 0.368 e. The predicted molar refractivity (Wildman–Crippen MR) is 125 cm³/mol. The van der Waals surface area contributed by atoms with E-state index in [1.807, 2.05) is 24.3 Å². The first kappa shape index (κ1) is 20.8. The molecule has 0 unspecified atom stereocenters. The monoisotopic (exact) mass is 456 g/mol. The second-order valence-electron chi connectivity index (χ2n) is 8.34. The summed E-state index contributed by atoms with van der Waals surface area (Å²) in [6.45, 7) is 4.74. The molecule has 0 radical (unpaired) electrons. The van der Waals surface area contributed by atoms with Crippen molar-refractivity contribution in [2.45, 2.75) is 25.7 Å². The Morgan fingerprint density at radius 2 is 1.50 bits per heavy atom. The lowest BCUT2D eigenvalue weighted by atomic mass is 10.1. The molecule has 32 heavy (non-hydrogen) atoms. The van der Waals surface area contributed by atoms with Gasteiger partial charge in [-0.15, -0.1) is 0 Å². The van der Waals surface area contributed by atoms with Gasteiger partial charge in [0, 0.05) is 50.0 Å². The number of hydrogen-bond acceptors (Lipinski definition) is 8. The highest BCUT2D eigenvalue weighted by molar-refractivity contribution is 6.30. The van der Waals surface area contributed by atoms with E-state index in [0.29, 0.717) is 11.2 Å². The SMILES string of the molecule is O=[N+]([O-])c1c(N2CCCCCC2)cc(N2CCN(c3cccc(Cl)c3)CC2)c2nonc12. The molecular formula is C22H25ClN6O3. The van der Waals surface area contributed by atoms with Crippen molar-refractivity contribution in [3.63, 3.8) is 0 Å². The molecule has 9 nitrogen and oxygen atoms in total. The Bertz CT molecular complexity index is 1120. The van der Waals surface area contributed by atoms with Crippen molar-refractivity contribution >= 4 is 45.4 Å². The molecule has 0 saturated carbocycles. The van der Waals surface area contributed by atoms with E-state index in [4.69, 9.17) is 16.2 Å². The molecule has 2 saturated heterocycles. The van der Waals surface area contributed by atoms with Gasteiger partial charge in [-0.05, 0) is 47.4 Å². The summed E-state index contributed by atoms with van der Waals surface area (Å²) in [5.74, 6) is 0. The van der Waals surface area contributed by atoms with Gasteiger partial charge in [0.25, 0.3) is 0 Å². The van der Waals surface area contributed by atoms with Crippen LogP contribution in [-0.4, -0.2) is 54.5 Å². The number of anilines is 3. The third-order valence-electron chi connectivity index (χ3n) is 6.39. The zero-order chi connectivity index (χ0) is 22.1. The number of nitro benzene ring substituents is 1. The normalized spacial score (nSPS) is 17.6. The summed E-state index contributed by atoms with van der Waals surface area (Å²) >= 11 is 6.16. The zero-order valence-corrected chi connectivity index (χ0v) is 18.5. The predicted octanol–water partition coefficient (Wildman–Crippen LogP) is 4.49. The topological polar surface area (TPSA) is 91.8 Å². The molecule has 0 bridgehead atoms. The van der Waals surface area contributed by atoms with Gasteiger partial charge in [-0.1, -0.05) is 30.5 Å². The molecule has 2 aliphatic heterocycles. The van der Waals surface area contributed by atoms with Crippen molar-refractivity contribution in [1.29, 1.82) is 0 Å². The van der Waals surface area contributed by atoms with E-state index in [2.05, 4.69) is 31.1 Å². The molecule has 5 rings (SSSR count). The molecule has 3 heterocycles. The van der Waals surface area contributed by atoms with Gasteiger partial charge >= 0.3 is 5.69 Å². The Hall–Kier alpha value is -3.07. The summed E-state index contributed by atoms with van der Waals surface area (Å²) < 4.78 is 4.98. The highest BCUT2D eigenvalue weighted by Gasteiger charge is 2.31. The van der Waals surface area contributed by atoms with Crippen LogP contribution in [0.3, 0.4) is 0 Å². The van der Waals surface area contributed by atoms with E-state index in [9.17, 15) is 10.1 Å². The van der Waals surface area contributed by atoms with Crippen LogP contribution in [-0.2, 0) is 0 Å². The van der Waals surface area contributed by atoms with Gasteiger partial charge in [0.2, 0.25) is 5.52 Å². The highest BCUT2D eigenvalue weighted by atomic mass is 35.5. The lowest BCUT2D eigenvalue weighted by Crippen LogP contribution is -2.46. The fourth-order valence-corrected chi connectivity index (χ4v) is 4.94. The first-order valence-corrected chi connectivity index (χ1v) is 11.4. The molecule has 0 amide bonds. The van der Waals surface area contributed by atoms with Gasteiger partial charge in [0.05, 0.1) is 10.6 Å². The number of fused-ring (bicyclic) bond motifs is 1. The number of hydrogen-bond donors (Lipinski definition) is 0. The minimum atomic E-state index is -0.354. The molecule has 2 aliphatic rings. The number of nitro groups is 1. The number of benzene rings is 2. The molecule has 0 aliphatic carbocycles. The molecule has 3 aromatic rings. The van der Waals surface area contributed by atoms with Crippen LogP contribution < -0.4 is 14.7 Å². The molecule has 168 valence electrons. The Balaban J connectivity index is 1.48. The van der Waals surface area contributed by atoms with Gasteiger partial charge in [-0.3, -0.25) is 10.1 Å². The van der Waals surface area contributed by atoms with E-state index in [1.54, 1.807) is 0 Å². The average molecular weight is 457 g/mol. The Morgan fingerprint density at radius 1 is 0.844 bits per heavy atom. The van der Waals surface area contributed by atoms with Crippen molar-refractivity contribution in [3.05, 3.63) is 45.5 Å². The second kappa shape index (κ2) is 8.82. The summed E-state index contributed by atoms with van der Waals surface area (Å²) in [5, 5.41) is 20.7. The van der Waals surface area contributed by atoms with E-state index in [-0.39, 0.29) is 16.1 Å². The quantitative estimate of drug-likeness (QED) is 0.418. The van der Waals surface area contributed by atoms with Crippen LogP contribution in [0.25, 0.3) is 11.0 Å². The lowest BCUT2D eigenvalue weighted by Gasteiger charge is -2.37. The summed E-state index contributed by atoms with van der Waals surface area (Å²) in [6, 6.07) is 9.78. The Kier molecular flexibility index (Phi) is 5.73. The Labute approximate surface area is 190 Å². The van der Waals surface area contributed by atoms with Gasteiger partial charge < -0.3 is 14.7 Å². The van der Waals surface area contributed by atoms with Crippen LogP contribution >= 0.6 is 11.6 Å². The van der Waals surface area contributed by atoms with Crippen molar-refractivity contribution in [1.82, 2.24) is 10.3 Å². The van der Waals surface area contributed by atoms with E-state index in [1.165, 1.54) is 0 Å². The van der Waals surface area contributed by atoms with Crippen molar-refractivity contribution in [3.8, 4) is 0 Å². The number of piperazine rings is 1. The molecule has 0 atom stereocenters. The van der Waals surface area contributed by atoms with E-state index < -0.39 is 0 Å². The first-order valence-electron chi connectivity index (χ1n) is 11.1. The third kappa shape index (κ3) is 3.92. The molecule has 10 heteroatoms. The zero-order valence-electron chi connectivity index (χ0n) is 17.7. The summed E-state index contributed by atoms with van der Waals surface area (Å²) in [4.78, 5) is 18.3. The minimum Gasteiger partial charge on any atom is -0.368 e. The minimum absolute atomic E-state index is 0.00976.